The fraction of sp³-hybridized carbons (Fsp3) is 0.533. The Bertz CT molecular complexity index is 956. The van der Waals surface area contributed by atoms with Crippen molar-refractivity contribution in [1.82, 2.24) is 10.5 Å². The number of ether oxygens (including phenoxy) is 1. The van der Waals surface area contributed by atoms with Gasteiger partial charge in [-0.3, -0.25) is 4.79 Å². The van der Waals surface area contributed by atoms with Crippen LogP contribution in [0, 0.1) is 6.92 Å². The van der Waals surface area contributed by atoms with Gasteiger partial charge in [0.15, 0.2) is 6.61 Å². The topological polar surface area (TPSA) is 146 Å². The Morgan fingerprint density at radius 1 is 1.52 bits per heavy atom. The number of amides is 1. The summed E-state index contributed by atoms with van der Waals surface area (Å²) in [5.74, 6) is -0.674. The first-order valence-corrected chi connectivity index (χ1v) is 11.0. The molecule has 1 amide bonds. The maximum atomic E-state index is 12.9. The number of hydrogen-bond donors (Lipinski definition) is 2. The van der Waals surface area contributed by atoms with E-state index in [2.05, 4.69) is 15.1 Å². The van der Waals surface area contributed by atoms with Gasteiger partial charge in [0.2, 0.25) is 6.04 Å². The molecular weight excluding hydrogens is 426 g/mol. The SMILES string of the molecule is Cc1scc(C2=NOCCO2)c1S(=O)(=O)N=C([O-])N1N[NH+](OC(C)C)C(C)C1=O. The van der Waals surface area contributed by atoms with E-state index in [0.717, 1.165) is 11.3 Å². The van der Waals surface area contributed by atoms with E-state index < -0.39 is 28.0 Å². The van der Waals surface area contributed by atoms with Gasteiger partial charge >= 0.3 is 5.91 Å². The molecule has 3 heterocycles. The van der Waals surface area contributed by atoms with Crippen LogP contribution in [0.1, 0.15) is 31.2 Å². The summed E-state index contributed by atoms with van der Waals surface area (Å²) < 4.78 is 34.4. The number of sulfonamides is 1. The number of thiophene rings is 1. The molecule has 2 aliphatic rings. The molecule has 2 N–H and O–H groups in total. The largest absolute Gasteiger partial charge is 0.844 e. The number of hydroxylamine groups is 1. The van der Waals surface area contributed by atoms with E-state index in [9.17, 15) is 18.3 Å². The second-order valence-electron chi connectivity index (χ2n) is 6.50. The number of nitrogens with zero attached hydrogens (tertiary/aromatic N) is 3. The van der Waals surface area contributed by atoms with Crippen LogP contribution in [-0.4, -0.2) is 56.6 Å². The Labute approximate surface area is 171 Å². The van der Waals surface area contributed by atoms with E-state index >= 15 is 0 Å². The zero-order valence-corrected chi connectivity index (χ0v) is 17.8. The van der Waals surface area contributed by atoms with Crippen molar-refractivity contribution in [3.63, 3.8) is 0 Å². The quantitative estimate of drug-likeness (QED) is 0.391. The lowest BCUT2D eigenvalue weighted by atomic mass is 10.3. The molecule has 1 fully saturated rings. The van der Waals surface area contributed by atoms with Crippen LogP contribution in [0.3, 0.4) is 0 Å². The first kappa shape index (κ1) is 21.4. The zero-order valence-electron chi connectivity index (χ0n) is 16.2. The molecule has 0 radical (unpaired) electrons. The van der Waals surface area contributed by atoms with Crippen molar-refractivity contribution in [3.05, 3.63) is 15.8 Å². The molecule has 3 rings (SSSR count). The summed E-state index contributed by atoms with van der Waals surface area (Å²) in [6.07, 6.45) is -0.238. The van der Waals surface area contributed by atoms with Crippen molar-refractivity contribution in [2.75, 3.05) is 13.2 Å². The Hall–Kier alpha value is -2.26. The van der Waals surface area contributed by atoms with E-state index in [-0.39, 0.29) is 40.8 Å². The number of oxime groups is 1. The monoisotopic (exact) mass is 447 g/mol. The van der Waals surface area contributed by atoms with Crippen molar-refractivity contribution in [2.24, 2.45) is 9.55 Å². The maximum absolute atomic E-state index is 12.9. The molecule has 1 saturated heterocycles. The number of hydrogen-bond acceptors (Lipinski definition) is 10. The fourth-order valence-corrected chi connectivity index (χ4v) is 5.06. The van der Waals surface area contributed by atoms with Crippen LogP contribution in [0.4, 0.5) is 0 Å². The number of quaternary nitrogens is 1. The highest BCUT2D eigenvalue weighted by molar-refractivity contribution is 7.90. The third kappa shape index (κ3) is 4.35. The van der Waals surface area contributed by atoms with Crippen molar-refractivity contribution < 1.29 is 37.9 Å². The minimum absolute atomic E-state index is 0.00762. The molecule has 0 bridgehead atoms. The summed E-state index contributed by atoms with van der Waals surface area (Å²) in [4.78, 5) is 22.9. The highest BCUT2D eigenvalue weighted by Crippen LogP contribution is 2.29. The lowest BCUT2D eigenvalue weighted by Gasteiger charge is -2.20. The van der Waals surface area contributed by atoms with Crippen molar-refractivity contribution in [2.45, 2.75) is 44.7 Å². The summed E-state index contributed by atoms with van der Waals surface area (Å²) in [6.45, 7) is 7.07. The fourth-order valence-electron chi connectivity index (χ4n) is 2.63. The van der Waals surface area contributed by atoms with Crippen LogP contribution in [0.15, 0.2) is 19.8 Å². The second kappa shape index (κ2) is 8.23. The number of nitrogens with one attached hydrogen (secondary N) is 2. The smallest absolute Gasteiger partial charge is 0.308 e. The molecule has 14 heteroatoms. The Balaban J connectivity index is 1.91. The van der Waals surface area contributed by atoms with Gasteiger partial charge in [0.05, 0.1) is 11.6 Å². The molecule has 160 valence electrons. The lowest BCUT2D eigenvalue weighted by Crippen LogP contribution is -3.19. The molecule has 1 aromatic rings. The van der Waals surface area contributed by atoms with Crippen LogP contribution in [0.25, 0.3) is 0 Å². The summed E-state index contributed by atoms with van der Waals surface area (Å²) >= 11 is 1.13. The van der Waals surface area contributed by atoms with Crippen molar-refractivity contribution in [3.8, 4) is 0 Å². The predicted octanol–water partition coefficient (Wildman–Crippen LogP) is -1.95. The van der Waals surface area contributed by atoms with Crippen molar-refractivity contribution in [1.29, 1.82) is 0 Å². The molecule has 2 aliphatic heterocycles. The summed E-state index contributed by atoms with van der Waals surface area (Å²) in [7, 11) is -4.46. The minimum Gasteiger partial charge on any atom is -0.844 e. The van der Waals surface area contributed by atoms with Crippen LogP contribution in [0.5, 0.6) is 0 Å². The van der Waals surface area contributed by atoms with E-state index in [4.69, 9.17) is 14.4 Å². The van der Waals surface area contributed by atoms with E-state index in [0.29, 0.717) is 9.89 Å². The molecular formula is C15H21N5O7S2. The standard InChI is InChI=1S/C15H21N5O7S2/c1-8(2)27-20-9(3)14(21)19(18-20)15(22)17-29(23,24)12-10(4)28-7-11(12)13-16-26-6-5-25-13/h7-9,18H,5-6H2,1-4H3,(H,17,22). The lowest BCUT2D eigenvalue weighted by molar-refractivity contribution is -1.14. The van der Waals surface area contributed by atoms with Gasteiger partial charge in [0, 0.05) is 17.2 Å². The van der Waals surface area contributed by atoms with Gasteiger partial charge < -0.3 is 14.7 Å². The van der Waals surface area contributed by atoms with Gasteiger partial charge in [-0.05, 0) is 31.5 Å². The average Bonchev–Trinajstić information content (AvgIpc) is 3.17. The molecule has 1 aromatic heterocycles. The van der Waals surface area contributed by atoms with Crippen LogP contribution >= 0.6 is 11.3 Å². The van der Waals surface area contributed by atoms with Crippen LogP contribution in [0.2, 0.25) is 0 Å². The molecule has 2 atom stereocenters. The van der Waals surface area contributed by atoms with Gasteiger partial charge in [0.25, 0.3) is 15.9 Å². The van der Waals surface area contributed by atoms with Gasteiger partial charge in [-0.1, -0.05) is 5.17 Å². The average molecular weight is 447 g/mol. The van der Waals surface area contributed by atoms with Gasteiger partial charge in [-0.25, -0.2) is 0 Å². The number of carbonyl (C=O) groups is 1. The molecule has 0 aliphatic carbocycles. The number of aryl methyl sites for hydroxylation is 1. The molecule has 0 saturated carbocycles. The number of rotatable bonds is 5. The van der Waals surface area contributed by atoms with E-state index in [1.165, 1.54) is 12.3 Å². The Morgan fingerprint density at radius 2 is 2.24 bits per heavy atom. The first-order valence-electron chi connectivity index (χ1n) is 8.69. The van der Waals surface area contributed by atoms with Gasteiger partial charge in [-0.15, -0.1) is 11.3 Å². The molecule has 2 unspecified atom stereocenters. The predicted molar refractivity (Wildman–Crippen MR) is 98.7 cm³/mol. The van der Waals surface area contributed by atoms with E-state index in [1.807, 2.05) is 0 Å². The maximum Gasteiger partial charge on any atom is 0.308 e. The summed E-state index contributed by atoms with van der Waals surface area (Å²) in [5, 5.41) is 18.4. The second-order valence-corrected chi connectivity index (χ2v) is 9.12. The summed E-state index contributed by atoms with van der Waals surface area (Å²) in [5.41, 5.74) is 2.63. The number of amidine groups is 1. The zero-order chi connectivity index (χ0) is 21.3. The molecule has 29 heavy (non-hydrogen) atoms. The third-order valence-corrected chi connectivity index (χ3v) is 6.40. The number of hydrazine groups is 1. The summed E-state index contributed by atoms with van der Waals surface area (Å²) in [6, 6.07) is -2.04. The normalized spacial score (nSPS) is 23.2. The minimum atomic E-state index is -4.46. The number of carbonyl (C=O) groups excluding carboxylic acids is 1. The van der Waals surface area contributed by atoms with Crippen LogP contribution in [-0.2, 0) is 29.2 Å². The van der Waals surface area contributed by atoms with Gasteiger partial charge in [0.1, 0.15) is 17.6 Å². The van der Waals surface area contributed by atoms with Crippen molar-refractivity contribution >= 4 is 39.2 Å². The molecule has 12 nitrogen and oxygen atoms in total. The third-order valence-electron chi connectivity index (χ3n) is 3.93. The van der Waals surface area contributed by atoms with Crippen LogP contribution < -0.4 is 15.8 Å². The Kier molecular flexibility index (Phi) is 6.09. The molecule has 0 aromatic carbocycles. The van der Waals surface area contributed by atoms with Gasteiger partial charge in [-0.2, -0.15) is 22.7 Å². The first-order chi connectivity index (χ1) is 13.6. The van der Waals surface area contributed by atoms with E-state index in [1.54, 1.807) is 20.8 Å². The highest BCUT2D eigenvalue weighted by atomic mass is 32.2. The Morgan fingerprint density at radius 3 is 2.86 bits per heavy atom. The highest BCUT2D eigenvalue weighted by Gasteiger charge is 2.42. The molecule has 0 spiro atoms.